The number of hydrogen-bond donors (Lipinski definition) is 1. The Morgan fingerprint density at radius 1 is 1.10 bits per heavy atom. The van der Waals surface area contributed by atoms with Crippen LogP contribution in [-0.4, -0.2) is 42.0 Å². The molecular weight excluding hydrogens is 416 g/mol. The van der Waals surface area contributed by atoms with Crippen LogP contribution in [0.1, 0.15) is 26.6 Å². The number of halogens is 1. The number of anilines is 2. The van der Waals surface area contributed by atoms with Crippen LogP contribution in [0.3, 0.4) is 0 Å². The molecule has 0 radical (unpaired) electrons. The maximum atomic E-state index is 12.5. The molecular formula is C23H25ClN4OS. The van der Waals surface area contributed by atoms with Crippen LogP contribution in [0.2, 0.25) is 5.02 Å². The van der Waals surface area contributed by atoms with Crippen molar-refractivity contribution in [2.75, 3.05) is 36.4 Å². The SMILES string of the molecule is Cc1ccc(N2CCN(Cc3nc(C(=O)Nc4cccc(Cl)c4)cs3)CC2)cc1C. The molecule has 1 amide bonds. The van der Waals surface area contributed by atoms with Gasteiger partial charge in [-0.2, -0.15) is 0 Å². The number of carbonyl (C=O) groups excluding carboxylic acids is 1. The zero-order valence-corrected chi connectivity index (χ0v) is 18.8. The summed E-state index contributed by atoms with van der Waals surface area (Å²) in [5, 5.41) is 6.22. The average Bonchev–Trinajstić information content (AvgIpc) is 3.19. The summed E-state index contributed by atoms with van der Waals surface area (Å²) >= 11 is 7.51. The van der Waals surface area contributed by atoms with E-state index in [-0.39, 0.29) is 5.91 Å². The molecule has 1 aromatic heterocycles. The van der Waals surface area contributed by atoms with Gasteiger partial charge < -0.3 is 10.2 Å². The number of carbonyl (C=O) groups is 1. The maximum Gasteiger partial charge on any atom is 0.275 e. The topological polar surface area (TPSA) is 48.5 Å². The number of aromatic nitrogens is 1. The fourth-order valence-electron chi connectivity index (χ4n) is 3.53. The monoisotopic (exact) mass is 440 g/mol. The first-order valence-electron chi connectivity index (χ1n) is 10.0. The Bertz CT molecular complexity index is 1040. The molecule has 0 atom stereocenters. The zero-order valence-electron chi connectivity index (χ0n) is 17.2. The minimum absolute atomic E-state index is 0.209. The highest BCUT2D eigenvalue weighted by atomic mass is 35.5. The summed E-state index contributed by atoms with van der Waals surface area (Å²) in [7, 11) is 0. The van der Waals surface area contributed by atoms with Crippen LogP contribution in [0.4, 0.5) is 11.4 Å². The van der Waals surface area contributed by atoms with Crippen LogP contribution >= 0.6 is 22.9 Å². The van der Waals surface area contributed by atoms with E-state index in [2.05, 4.69) is 52.1 Å². The molecule has 30 heavy (non-hydrogen) atoms. The van der Waals surface area contributed by atoms with Crippen molar-refractivity contribution in [3.63, 3.8) is 0 Å². The highest BCUT2D eigenvalue weighted by Crippen LogP contribution is 2.22. The van der Waals surface area contributed by atoms with Gasteiger partial charge in [0.25, 0.3) is 5.91 Å². The first-order valence-corrected chi connectivity index (χ1v) is 11.3. The van der Waals surface area contributed by atoms with E-state index in [9.17, 15) is 4.79 Å². The predicted molar refractivity (Wildman–Crippen MR) is 125 cm³/mol. The summed E-state index contributed by atoms with van der Waals surface area (Å²) < 4.78 is 0. The quantitative estimate of drug-likeness (QED) is 0.607. The van der Waals surface area contributed by atoms with Crippen molar-refractivity contribution in [2.24, 2.45) is 0 Å². The van der Waals surface area contributed by atoms with Crippen LogP contribution in [0.15, 0.2) is 47.8 Å². The minimum atomic E-state index is -0.209. The molecule has 1 saturated heterocycles. The van der Waals surface area contributed by atoms with Gasteiger partial charge >= 0.3 is 0 Å². The molecule has 3 aromatic rings. The van der Waals surface area contributed by atoms with Crippen molar-refractivity contribution in [2.45, 2.75) is 20.4 Å². The van der Waals surface area contributed by atoms with Crippen molar-refractivity contribution in [1.29, 1.82) is 0 Å². The van der Waals surface area contributed by atoms with Crippen LogP contribution in [0.5, 0.6) is 0 Å². The fourth-order valence-corrected chi connectivity index (χ4v) is 4.53. The Morgan fingerprint density at radius 3 is 2.63 bits per heavy atom. The van der Waals surface area contributed by atoms with Gasteiger partial charge in [-0.1, -0.05) is 23.7 Å². The van der Waals surface area contributed by atoms with E-state index in [1.807, 2.05) is 17.5 Å². The van der Waals surface area contributed by atoms with Crippen LogP contribution in [0, 0.1) is 13.8 Å². The van der Waals surface area contributed by atoms with Gasteiger partial charge in [-0.3, -0.25) is 9.69 Å². The largest absolute Gasteiger partial charge is 0.369 e. The lowest BCUT2D eigenvalue weighted by molar-refractivity contribution is 0.102. The number of nitrogens with one attached hydrogen (secondary N) is 1. The molecule has 5 nitrogen and oxygen atoms in total. The molecule has 0 bridgehead atoms. The van der Waals surface area contributed by atoms with Gasteiger partial charge in [0.1, 0.15) is 10.7 Å². The lowest BCUT2D eigenvalue weighted by Gasteiger charge is -2.36. The second kappa shape index (κ2) is 9.16. The van der Waals surface area contributed by atoms with E-state index < -0.39 is 0 Å². The van der Waals surface area contributed by atoms with Crippen LogP contribution in [-0.2, 0) is 6.54 Å². The predicted octanol–water partition coefficient (Wildman–Crippen LogP) is 4.99. The Morgan fingerprint density at radius 2 is 1.90 bits per heavy atom. The molecule has 1 fully saturated rings. The Kier molecular flexibility index (Phi) is 6.37. The highest BCUT2D eigenvalue weighted by Gasteiger charge is 2.19. The Hall–Kier alpha value is -2.41. The van der Waals surface area contributed by atoms with E-state index in [1.165, 1.54) is 28.2 Å². The molecule has 7 heteroatoms. The molecule has 0 unspecified atom stereocenters. The molecule has 2 aromatic carbocycles. The van der Waals surface area contributed by atoms with Crippen molar-refractivity contribution in [3.8, 4) is 0 Å². The number of hydrogen-bond acceptors (Lipinski definition) is 5. The lowest BCUT2D eigenvalue weighted by atomic mass is 10.1. The van der Waals surface area contributed by atoms with E-state index in [1.54, 1.807) is 12.1 Å². The van der Waals surface area contributed by atoms with Gasteiger partial charge in [-0.15, -0.1) is 11.3 Å². The third-order valence-electron chi connectivity index (χ3n) is 5.45. The fraction of sp³-hybridized carbons (Fsp3) is 0.304. The maximum absolute atomic E-state index is 12.5. The van der Waals surface area contributed by atoms with Crippen LogP contribution < -0.4 is 10.2 Å². The lowest BCUT2D eigenvalue weighted by Crippen LogP contribution is -2.46. The molecule has 1 aliphatic heterocycles. The van der Waals surface area contributed by atoms with Crippen LogP contribution in [0.25, 0.3) is 0 Å². The van der Waals surface area contributed by atoms with E-state index in [0.29, 0.717) is 16.4 Å². The molecule has 1 aliphatic rings. The summed E-state index contributed by atoms with van der Waals surface area (Å²) in [6, 6.07) is 13.8. The average molecular weight is 441 g/mol. The summed E-state index contributed by atoms with van der Waals surface area (Å²) in [5.74, 6) is -0.209. The summed E-state index contributed by atoms with van der Waals surface area (Å²) in [6.45, 7) is 9.04. The number of benzene rings is 2. The first-order chi connectivity index (χ1) is 14.5. The smallest absolute Gasteiger partial charge is 0.275 e. The molecule has 0 saturated carbocycles. The summed E-state index contributed by atoms with van der Waals surface area (Å²) in [4.78, 5) is 21.8. The number of piperazine rings is 1. The number of rotatable bonds is 5. The molecule has 0 spiro atoms. The number of thiazole rings is 1. The molecule has 1 N–H and O–H groups in total. The van der Waals surface area contributed by atoms with E-state index in [4.69, 9.17) is 11.6 Å². The Labute approximate surface area is 186 Å². The number of aryl methyl sites for hydroxylation is 2. The van der Waals surface area contributed by atoms with Gasteiger partial charge in [-0.25, -0.2) is 4.98 Å². The van der Waals surface area contributed by atoms with E-state index in [0.717, 1.165) is 37.7 Å². The molecule has 4 rings (SSSR count). The molecule has 2 heterocycles. The second-order valence-electron chi connectivity index (χ2n) is 7.62. The second-order valence-corrected chi connectivity index (χ2v) is 9.00. The van der Waals surface area contributed by atoms with Gasteiger partial charge in [-0.05, 0) is 55.3 Å². The van der Waals surface area contributed by atoms with Gasteiger partial charge in [0, 0.05) is 48.0 Å². The standard InChI is InChI=1S/C23H25ClN4OS/c1-16-6-7-20(12-17(16)2)28-10-8-27(9-11-28)14-22-26-21(15-30-22)23(29)25-19-5-3-4-18(24)13-19/h3-7,12-13,15H,8-11,14H2,1-2H3,(H,25,29). The van der Waals surface area contributed by atoms with Gasteiger partial charge in [0.15, 0.2) is 0 Å². The normalized spacial score (nSPS) is 14.7. The van der Waals surface area contributed by atoms with Crippen molar-refractivity contribution in [3.05, 3.63) is 74.7 Å². The Balaban J connectivity index is 1.31. The van der Waals surface area contributed by atoms with Crippen molar-refractivity contribution >= 4 is 40.2 Å². The minimum Gasteiger partial charge on any atom is -0.369 e. The summed E-state index contributed by atoms with van der Waals surface area (Å²) in [5.41, 5.74) is 5.08. The molecule has 156 valence electrons. The van der Waals surface area contributed by atoms with Gasteiger partial charge in [0.05, 0.1) is 6.54 Å². The number of nitrogens with zero attached hydrogens (tertiary/aromatic N) is 3. The summed E-state index contributed by atoms with van der Waals surface area (Å²) in [6.07, 6.45) is 0. The first kappa shape index (κ1) is 20.8. The van der Waals surface area contributed by atoms with Gasteiger partial charge in [0.2, 0.25) is 0 Å². The van der Waals surface area contributed by atoms with Crippen molar-refractivity contribution in [1.82, 2.24) is 9.88 Å². The third kappa shape index (κ3) is 5.01. The highest BCUT2D eigenvalue weighted by molar-refractivity contribution is 7.09. The third-order valence-corrected chi connectivity index (χ3v) is 6.52. The van der Waals surface area contributed by atoms with E-state index >= 15 is 0 Å². The number of amides is 1. The zero-order chi connectivity index (χ0) is 21.1. The van der Waals surface area contributed by atoms with Crippen molar-refractivity contribution < 1.29 is 4.79 Å². The molecule has 0 aliphatic carbocycles.